The average molecular weight is 336 g/mol. The minimum atomic E-state index is 0.811. The molecule has 1 aromatic rings. The largest absolute Gasteiger partial charge is 0.384 e. The Morgan fingerprint density at radius 3 is 2.73 bits per heavy atom. The van der Waals surface area contributed by atoms with Crippen molar-refractivity contribution >= 4 is 39.9 Å². The quantitative estimate of drug-likeness (QED) is 0.799. The first-order valence-corrected chi connectivity index (χ1v) is 6.90. The van der Waals surface area contributed by atoms with Crippen molar-refractivity contribution in [2.75, 3.05) is 11.9 Å². The van der Waals surface area contributed by atoms with Crippen LogP contribution < -0.4 is 5.32 Å². The van der Waals surface area contributed by atoms with Gasteiger partial charge in [-0.15, -0.1) is 0 Å². The van der Waals surface area contributed by atoms with Crippen molar-refractivity contribution in [3.63, 3.8) is 0 Å². The number of hydrogen-bond donors (Lipinski definition) is 1. The van der Waals surface area contributed by atoms with Crippen LogP contribution in [0.3, 0.4) is 0 Å². The molecule has 1 saturated carbocycles. The molecule has 1 nitrogen and oxygen atoms in total. The topological polar surface area (TPSA) is 12.0 Å². The van der Waals surface area contributed by atoms with Gasteiger partial charge in [-0.3, -0.25) is 0 Å². The highest BCUT2D eigenvalue weighted by Gasteiger charge is 2.14. The van der Waals surface area contributed by atoms with Gasteiger partial charge < -0.3 is 5.32 Å². The Bertz CT molecular complexity index is 334. The second-order valence-electron chi connectivity index (χ2n) is 4.16. The van der Waals surface area contributed by atoms with Crippen LogP contribution in [0.25, 0.3) is 0 Å². The van der Waals surface area contributed by atoms with E-state index in [4.69, 9.17) is 11.6 Å². The highest BCUT2D eigenvalue weighted by atomic mass is 127. The van der Waals surface area contributed by atoms with Crippen LogP contribution in [0.4, 0.5) is 5.69 Å². The van der Waals surface area contributed by atoms with Crippen LogP contribution in [0.5, 0.6) is 0 Å². The predicted octanol–water partition coefficient (Wildman–Crippen LogP) is 4.55. The summed E-state index contributed by atoms with van der Waals surface area (Å²) in [4.78, 5) is 0. The normalized spacial score (nSPS) is 16.9. The lowest BCUT2D eigenvalue weighted by molar-refractivity contribution is 0.580. The number of anilines is 1. The van der Waals surface area contributed by atoms with E-state index in [1.807, 2.05) is 12.1 Å². The summed E-state index contributed by atoms with van der Waals surface area (Å²) in [5, 5.41) is 4.33. The molecule has 3 heteroatoms. The van der Waals surface area contributed by atoms with Crippen molar-refractivity contribution in [3.05, 3.63) is 26.8 Å². The fourth-order valence-corrected chi connectivity index (χ4v) is 3.16. The van der Waals surface area contributed by atoms with E-state index in [9.17, 15) is 0 Å². The minimum Gasteiger partial charge on any atom is -0.384 e. The molecule has 82 valence electrons. The minimum absolute atomic E-state index is 0.811. The van der Waals surface area contributed by atoms with Crippen molar-refractivity contribution < 1.29 is 0 Å². The van der Waals surface area contributed by atoms with E-state index < -0.39 is 0 Å². The molecule has 2 rings (SSSR count). The molecule has 0 unspecified atom stereocenters. The van der Waals surface area contributed by atoms with Crippen molar-refractivity contribution in [2.45, 2.75) is 25.7 Å². The smallest absolute Gasteiger partial charge is 0.0477 e. The SMILES string of the molecule is Clc1ccc(NCC2CCCC2)c(I)c1. The van der Waals surface area contributed by atoms with E-state index in [1.165, 1.54) is 34.9 Å². The molecule has 15 heavy (non-hydrogen) atoms. The van der Waals surface area contributed by atoms with E-state index in [0.717, 1.165) is 17.5 Å². The number of benzene rings is 1. The van der Waals surface area contributed by atoms with Gasteiger partial charge in [0.2, 0.25) is 0 Å². The van der Waals surface area contributed by atoms with Gasteiger partial charge in [-0.25, -0.2) is 0 Å². The van der Waals surface area contributed by atoms with Gasteiger partial charge >= 0.3 is 0 Å². The maximum atomic E-state index is 5.91. The van der Waals surface area contributed by atoms with Crippen LogP contribution in [0, 0.1) is 9.49 Å². The Morgan fingerprint density at radius 2 is 2.07 bits per heavy atom. The third-order valence-corrected chi connectivity index (χ3v) is 4.11. The molecule has 0 aliphatic heterocycles. The summed E-state index contributed by atoms with van der Waals surface area (Å²) in [6.07, 6.45) is 5.59. The van der Waals surface area contributed by atoms with Gasteiger partial charge in [0.1, 0.15) is 0 Å². The van der Waals surface area contributed by atoms with Gasteiger partial charge in [-0.05, 0) is 59.5 Å². The van der Waals surface area contributed by atoms with Gasteiger partial charge in [-0.2, -0.15) is 0 Å². The standard InChI is InChI=1S/C12H15ClIN/c13-10-5-6-12(11(14)7-10)15-8-9-3-1-2-4-9/h5-7,9,15H,1-4,8H2. The molecule has 0 radical (unpaired) electrons. The van der Waals surface area contributed by atoms with Crippen LogP contribution in [0.2, 0.25) is 5.02 Å². The van der Waals surface area contributed by atoms with Crippen molar-refractivity contribution in [1.29, 1.82) is 0 Å². The lowest BCUT2D eigenvalue weighted by atomic mass is 10.1. The Morgan fingerprint density at radius 1 is 1.33 bits per heavy atom. The number of rotatable bonds is 3. The summed E-state index contributed by atoms with van der Waals surface area (Å²) in [5.74, 6) is 0.872. The highest BCUT2D eigenvalue weighted by Crippen LogP contribution is 2.27. The summed E-state index contributed by atoms with van der Waals surface area (Å²) in [7, 11) is 0. The van der Waals surface area contributed by atoms with Gasteiger partial charge in [0.25, 0.3) is 0 Å². The summed E-state index contributed by atoms with van der Waals surface area (Å²) in [6, 6.07) is 6.01. The first-order valence-electron chi connectivity index (χ1n) is 5.44. The molecule has 0 aromatic heterocycles. The molecule has 1 aliphatic rings. The lowest BCUT2D eigenvalue weighted by Crippen LogP contribution is -2.11. The van der Waals surface area contributed by atoms with Crippen LogP contribution in [0.1, 0.15) is 25.7 Å². The van der Waals surface area contributed by atoms with Gasteiger partial charge in [0.15, 0.2) is 0 Å². The molecule has 0 bridgehead atoms. The highest BCUT2D eigenvalue weighted by molar-refractivity contribution is 14.1. The maximum absolute atomic E-state index is 5.91. The van der Waals surface area contributed by atoms with E-state index in [0.29, 0.717) is 0 Å². The Labute approximate surface area is 110 Å². The molecule has 1 N–H and O–H groups in total. The zero-order chi connectivity index (χ0) is 10.7. The zero-order valence-corrected chi connectivity index (χ0v) is 11.5. The molecule has 1 aromatic carbocycles. The summed E-state index contributed by atoms with van der Waals surface area (Å²) in [5.41, 5.74) is 1.21. The van der Waals surface area contributed by atoms with Crippen LogP contribution in [-0.4, -0.2) is 6.54 Å². The summed E-state index contributed by atoms with van der Waals surface area (Å²) < 4.78 is 1.21. The van der Waals surface area contributed by atoms with Gasteiger partial charge in [0, 0.05) is 20.8 Å². The molecule has 0 saturated heterocycles. The molecule has 1 aliphatic carbocycles. The first kappa shape index (κ1) is 11.5. The maximum Gasteiger partial charge on any atom is 0.0477 e. The third kappa shape index (κ3) is 3.25. The first-order chi connectivity index (χ1) is 7.25. The second-order valence-corrected chi connectivity index (χ2v) is 5.75. The molecule has 0 atom stereocenters. The molecule has 0 spiro atoms. The van der Waals surface area contributed by atoms with Crippen LogP contribution in [0.15, 0.2) is 18.2 Å². The molecule has 1 fully saturated rings. The Balaban J connectivity index is 1.92. The van der Waals surface area contributed by atoms with Crippen molar-refractivity contribution in [3.8, 4) is 0 Å². The number of halogens is 2. The van der Waals surface area contributed by atoms with E-state index in [-0.39, 0.29) is 0 Å². The summed E-state index contributed by atoms with van der Waals surface area (Å²) in [6.45, 7) is 1.11. The van der Waals surface area contributed by atoms with Gasteiger partial charge in [0.05, 0.1) is 0 Å². The van der Waals surface area contributed by atoms with Gasteiger partial charge in [-0.1, -0.05) is 24.4 Å². The molecule has 0 amide bonds. The van der Waals surface area contributed by atoms with E-state index in [1.54, 1.807) is 0 Å². The molecular weight excluding hydrogens is 320 g/mol. The van der Waals surface area contributed by atoms with E-state index in [2.05, 4.69) is 34.0 Å². The monoisotopic (exact) mass is 335 g/mol. The van der Waals surface area contributed by atoms with Crippen LogP contribution >= 0.6 is 34.2 Å². The third-order valence-electron chi connectivity index (χ3n) is 2.99. The number of nitrogens with one attached hydrogen (secondary N) is 1. The Hall–Kier alpha value is 0.0400. The average Bonchev–Trinajstić information content (AvgIpc) is 2.69. The fraction of sp³-hybridized carbons (Fsp3) is 0.500. The van der Waals surface area contributed by atoms with Crippen LogP contribution in [-0.2, 0) is 0 Å². The molecular formula is C12H15ClIN. The lowest BCUT2D eigenvalue weighted by Gasteiger charge is -2.13. The Kier molecular flexibility index (Phi) is 4.14. The molecule has 0 heterocycles. The predicted molar refractivity (Wildman–Crippen MR) is 74.6 cm³/mol. The number of hydrogen-bond acceptors (Lipinski definition) is 1. The van der Waals surface area contributed by atoms with E-state index >= 15 is 0 Å². The second kappa shape index (κ2) is 5.39. The van der Waals surface area contributed by atoms with Crippen molar-refractivity contribution in [2.24, 2.45) is 5.92 Å². The zero-order valence-electron chi connectivity index (χ0n) is 8.60. The fourth-order valence-electron chi connectivity index (χ4n) is 2.10. The summed E-state index contributed by atoms with van der Waals surface area (Å²) >= 11 is 8.24. The van der Waals surface area contributed by atoms with Crippen molar-refractivity contribution in [1.82, 2.24) is 0 Å².